The topological polar surface area (TPSA) is 72.2 Å². The fraction of sp³-hybridized carbons (Fsp3) is 0.262. The van der Waals surface area contributed by atoms with Crippen molar-refractivity contribution in [2.45, 2.75) is 105 Å². The van der Waals surface area contributed by atoms with Gasteiger partial charge in [0.1, 0.15) is 11.6 Å². The van der Waals surface area contributed by atoms with Crippen LogP contribution in [0.5, 0.6) is 11.5 Å². The summed E-state index contributed by atoms with van der Waals surface area (Å²) in [6.07, 6.45) is 7.61. The van der Waals surface area contributed by atoms with E-state index in [1.165, 1.54) is 22.3 Å². The van der Waals surface area contributed by atoms with Gasteiger partial charge in [-0.15, -0.1) is 42.4 Å². The zero-order valence-electron chi connectivity index (χ0n) is 42.2. The molecule has 8 nitrogen and oxygen atoms in total. The van der Waals surface area contributed by atoms with E-state index in [0.29, 0.717) is 11.5 Å². The Bertz CT molecular complexity index is 3340. The predicted molar refractivity (Wildman–Crippen MR) is 283 cm³/mol. The van der Waals surface area contributed by atoms with E-state index in [9.17, 15) is 0 Å². The number of rotatable bonds is 7. The monoisotopic (exact) mass is 1100 g/mol. The van der Waals surface area contributed by atoms with Gasteiger partial charge < -0.3 is 19.1 Å². The summed E-state index contributed by atoms with van der Waals surface area (Å²) < 4.78 is 8.88. The van der Waals surface area contributed by atoms with Crippen molar-refractivity contribution < 1.29 is 25.8 Å². The van der Waals surface area contributed by atoms with Crippen LogP contribution in [0.4, 0.5) is 22.9 Å². The summed E-state index contributed by atoms with van der Waals surface area (Å²) in [5.74, 6) is 2.72. The standard InChI is InChI=1S/C61H60N7O.Pt/c1-58(2,3)39-24-28-62-50(33-39)48-31-42(61(10,11)12)32-49(51-34-40(25-29-63-51)59(4,5)6)56(48)67-38-66(57-53(67)21-16-27-65-57)43-17-15-18-44(36-43)69-45-22-23-47-46-19-13-14-20-52(46)68(54(47)37-45)55-35-41(26-30-64-55)60(7,8)9;/h13-35,38H,1-12H3;/q-3;. The van der Waals surface area contributed by atoms with Gasteiger partial charge in [-0.1, -0.05) is 112 Å². The molecule has 4 aromatic carbocycles. The van der Waals surface area contributed by atoms with E-state index in [1.54, 1.807) is 0 Å². The molecule has 0 N–H and O–H groups in total. The molecule has 9 heteroatoms. The largest absolute Gasteiger partial charge is 0.509 e. The van der Waals surface area contributed by atoms with E-state index in [2.05, 4.69) is 201 Å². The van der Waals surface area contributed by atoms with E-state index >= 15 is 0 Å². The molecule has 358 valence electrons. The van der Waals surface area contributed by atoms with Crippen LogP contribution in [-0.4, -0.2) is 24.5 Å². The van der Waals surface area contributed by atoms with E-state index in [4.69, 9.17) is 24.7 Å². The fourth-order valence-corrected chi connectivity index (χ4v) is 9.09. The van der Waals surface area contributed by atoms with Crippen LogP contribution in [0.15, 0.2) is 140 Å². The molecule has 6 heterocycles. The van der Waals surface area contributed by atoms with Gasteiger partial charge in [0.25, 0.3) is 0 Å². The molecular formula is C61H60N7OPt-3. The Morgan fingerprint density at radius 1 is 0.486 bits per heavy atom. The Morgan fingerprint density at radius 3 is 1.70 bits per heavy atom. The fourth-order valence-electron chi connectivity index (χ4n) is 9.09. The first kappa shape index (κ1) is 48.4. The van der Waals surface area contributed by atoms with Crippen LogP contribution in [-0.2, 0) is 42.7 Å². The molecule has 70 heavy (non-hydrogen) atoms. The van der Waals surface area contributed by atoms with Crippen molar-refractivity contribution in [3.8, 4) is 39.8 Å². The molecule has 0 saturated carbocycles. The van der Waals surface area contributed by atoms with Crippen LogP contribution in [0.25, 0.3) is 50.1 Å². The third-order valence-corrected chi connectivity index (χ3v) is 13.1. The number of pyridine rings is 4. The van der Waals surface area contributed by atoms with E-state index in [-0.39, 0.29) is 42.7 Å². The molecule has 10 rings (SSSR count). The summed E-state index contributed by atoms with van der Waals surface area (Å²) in [6, 6.07) is 47.5. The molecule has 0 unspecified atom stereocenters. The zero-order valence-corrected chi connectivity index (χ0v) is 44.5. The maximum atomic E-state index is 6.69. The van der Waals surface area contributed by atoms with Crippen molar-refractivity contribution in [2.24, 2.45) is 0 Å². The van der Waals surface area contributed by atoms with Crippen LogP contribution in [0.3, 0.4) is 0 Å². The molecule has 0 spiro atoms. The summed E-state index contributed by atoms with van der Waals surface area (Å²) in [4.78, 5) is 24.4. The summed E-state index contributed by atoms with van der Waals surface area (Å²) >= 11 is 0. The molecule has 9 aromatic rings. The van der Waals surface area contributed by atoms with Crippen molar-refractivity contribution in [2.75, 3.05) is 9.80 Å². The number of hydrogen-bond acceptors (Lipinski definition) is 7. The maximum Gasteiger partial charge on any atom is 0.135 e. The minimum atomic E-state index is -0.173. The minimum absolute atomic E-state index is 0. The normalized spacial score (nSPS) is 13.2. The second kappa shape index (κ2) is 18.0. The van der Waals surface area contributed by atoms with Gasteiger partial charge in [0, 0.05) is 79.7 Å². The molecular weight excluding hydrogens is 1040 g/mol. The average molecular weight is 1100 g/mol. The first-order chi connectivity index (χ1) is 32.7. The molecule has 1 aliphatic heterocycles. The Balaban J connectivity index is 0.00000608. The SMILES string of the molecule is CC(C)(C)c1ccnc(-c2cc(C(C)(C)C)cc(-c3cc(C(C)(C)C)ccn3)c2N2[CH-]N(c3[c-]c(Oc4[c-]c5c(cc4)c4ccccc4n5-c4cc(C(C)(C)C)ccn4)ccc3)c3ncccc32)c1.[Pt]. The number of fused-ring (bicyclic) bond motifs is 4. The van der Waals surface area contributed by atoms with Gasteiger partial charge in [0.05, 0.1) is 17.1 Å². The predicted octanol–water partition coefficient (Wildman–Crippen LogP) is 15.7. The van der Waals surface area contributed by atoms with Crippen molar-refractivity contribution in [1.82, 2.24) is 24.5 Å². The molecule has 0 atom stereocenters. The van der Waals surface area contributed by atoms with Crippen molar-refractivity contribution in [3.05, 3.63) is 181 Å². The van der Waals surface area contributed by atoms with Crippen LogP contribution in [0.2, 0.25) is 0 Å². The number of ether oxygens (including phenoxy) is 1. The average Bonchev–Trinajstić information content (AvgIpc) is 3.86. The van der Waals surface area contributed by atoms with Gasteiger partial charge in [-0.05, 0) is 116 Å². The van der Waals surface area contributed by atoms with Crippen molar-refractivity contribution >= 4 is 44.7 Å². The zero-order chi connectivity index (χ0) is 48.6. The Morgan fingerprint density at radius 2 is 1.07 bits per heavy atom. The first-order valence-electron chi connectivity index (χ1n) is 23.9. The van der Waals surface area contributed by atoms with Gasteiger partial charge in [0.2, 0.25) is 0 Å². The minimum Gasteiger partial charge on any atom is -0.509 e. The molecule has 0 saturated heterocycles. The quantitative estimate of drug-likeness (QED) is 0.147. The van der Waals surface area contributed by atoms with Crippen LogP contribution in [0, 0.1) is 18.8 Å². The third kappa shape index (κ3) is 9.15. The van der Waals surface area contributed by atoms with Gasteiger partial charge in [-0.3, -0.25) is 9.97 Å². The number of aromatic nitrogens is 5. The summed E-state index contributed by atoms with van der Waals surface area (Å²) in [5.41, 5.74) is 12.8. The molecule has 0 bridgehead atoms. The third-order valence-electron chi connectivity index (χ3n) is 13.1. The first-order valence-corrected chi connectivity index (χ1v) is 23.9. The van der Waals surface area contributed by atoms with Gasteiger partial charge in [0.15, 0.2) is 0 Å². The smallest absolute Gasteiger partial charge is 0.135 e. The van der Waals surface area contributed by atoms with Crippen molar-refractivity contribution in [3.63, 3.8) is 0 Å². The molecule has 0 fully saturated rings. The molecule has 0 aliphatic carbocycles. The molecule has 1 aliphatic rings. The van der Waals surface area contributed by atoms with E-state index in [0.717, 1.165) is 73.0 Å². The van der Waals surface area contributed by atoms with Gasteiger partial charge >= 0.3 is 0 Å². The number of hydrogen-bond donors (Lipinski definition) is 0. The number of benzene rings is 4. The summed E-state index contributed by atoms with van der Waals surface area (Å²) in [6.45, 7) is 29.0. The second-order valence-electron chi connectivity index (χ2n) is 22.3. The molecule has 0 radical (unpaired) electrons. The van der Waals surface area contributed by atoms with Gasteiger partial charge in [-0.25, -0.2) is 9.97 Å². The number of nitrogens with zero attached hydrogens (tertiary/aromatic N) is 7. The van der Waals surface area contributed by atoms with Crippen LogP contribution >= 0.6 is 0 Å². The van der Waals surface area contributed by atoms with E-state index in [1.807, 2.05) is 55.1 Å². The summed E-state index contributed by atoms with van der Waals surface area (Å²) in [7, 11) is 0. The van der Waals surface area contributed by atoms with Gasteiger partial charge in [-0.2, -0.15) is 12.1 Å². The van der Waals surface area contributed by atoms with E-state index < -0.39 is 0 Å². The number of para-hydroxylation sites is 1. The maximum absolute atomic E-state index is 6.69. The molecule has 0 amide bonds. The number of anilines is 4. The van der Waals surface area contributed by atoms with Crippen molar-refractivity contribution in [1.29, 1.82) is 0 Å². The van der Waals surface area contributed by atoms with Crippen LogP contribution in [0.1, 0.15) is 105 Å². The Hall–Kier alpha value is -6.63. The summed E-state index contributed by atoms with van der Waals surface area (Å²) in [5, 5.41) is 2.20. The van der Waals surface area contributed by atoms with Crippen LogP contribution < -0.4 is 14.5 Å². The molecule has 5 aromatic heterocycles. The Kier molecular flexibility index (Phi) is 12.4. The Labute approximate surface area is 428 Å². The second-order valence-corrected chi connectivity index (χ2v) is 22.3.